The van der Waals surface area contributed by atoms with Gasteiger partial charge in [-0.25, -0.2) is 4.18 Å². The summed E-state index contributed by atoms with van der Waals surface area (Å²) in [5.74, 6) is 0.104. The van der Waals surface area contributed by atoms with Crippen molar-refractivity contribution in [2.24, 2.45) is 5.92 Å². The van der Waals surface area contributed by atoms with Crippen LogP contribution in [0.5, 0.6) is 0 Å². The number of aliphatic hydroxyl groups is 2. The van der Waals surface area contributed by atoms with Gasteiger partial charge in [-0.3, -0.25) is 4.55 Å². The van der Waals surface area contributed by atoms with Crippen LogP contribution in [0.3, 0.4) is 0 Å². The molecule has 0 aliphatic rings. The van der Waals surface area contributed by atoms with Crippen LogP contribution in [0.1, 0.15) is 27.7 Å². The summed E-state index contributed by atoms with van der Waals surface area (Å²) < 4.78 is 41.2. The normalized spacial score (nSPS) is 10.5. The van der Waals surface area contributed by atoms with Gasteiger partial charge in [0.1, 0.15) is 0 Å². The minimum absolute atomic E-state index is 0.0266. The third-order valence-corrected chi connectivity index (χ3v) is 1.86. The van der Waals surface area contributed by atoms with Gasteiger partial charge in [-0.1, -0.05) is 13.8 Å². The Morgan fingerprint density at radius 2 is 1.38 bits per heavy atom. The van der Waals surface area contributed by atoms with Gasteiger partial charge < -0.3 is 19.7 Å². The first kappa shape index (κ1) is 25.7. The second kappa shape index (κ2) is 19.7. The molecule has 0 rings (SSSR count). The highest BCUT2D eigenvalue weighted by atomic mass is 32.3. The predicted molar refractivity (Wildman–Crippen MR) is 79.5 cm³/mol. The summed E-state index contributed by atoms with van der Waals surface area (Å²) in [7, 11) is -4.22. The molecule has 9 heteroatoms. The molecular weight excluding hydrogens is 304 g/mol. The fourth-order valence-electron chi connectivity index (χ4n) is 0.657. The van der Waals surface area contributed by atoms with Crippen molar-refractivity contribution in [2.45, 2.75) is 27.7 Å². The van der Waals surface area contributed by atoms with Gasteiger partial charge in [-0.05, 0) is 19.8 Å². The maximum Gasteiger partial charge on any atom is 0.397 e. The van der Waals surface area contributed by atoms with E-state index < -0.39 is 10.4 Å². The molecule has 3 N–H and O–H groups in total. The van der Waals surface area contributed by atoms with E-state index in [-0.39, 0.29) is 25.7 Å². The first-order chi connectivity index (χ1) is 9.74. The smallest absolute Gasteiger partial charge is 0.394 e. The molecule has 0 aliphatic heterocycles. The van der Waals surface area contributed by atoms with Crippen molar-refractivity contribution in [3.05, 3.63) is 0 Å². The van der Waals surface area contributed by atoms with E-state index in [1.165, 1.54) is 0 Å². The number of rotatable bonds is 9. The molecule has 0 unspecified atom stereocenters. The Balaban J connectivity index is -0.000000242. The summed E-state index contributed by atoms with van der Waals surface area (Å²) >= 11 is 0. The zero-order valence-corrected chi connectivity index (χ0v) is 14.1. The molecule has 0 saturated carbocycles. The average molecular weight is 334 g/mol. The second-order valence-electron chi connectivity index (χ2n) is 3.95. The molecule has 0 bridgehead atoms. The highest BCUT2D eigenvalue weighted by Gasteiger charge is 2.04. The summed E-state index contributed by atoms with van der Waals surface area (Å²) in [6.07, 6.45) is 0. The zero-order chi connectivity index (χ0) is 17.1. The molecule has 21 heavy (non-hydrogen) atoms. The van der Waals surface area contributed by atoms with E-state index in [9.17, 15) is 8.42 Å². The lowest BCUT2D eigenvalue weighted by molar-refractivity contribution is 0.0650. The molecule has 0 amide bonds. The van der Waals surface area contributed by atoms with Crippen LogP contribution in [-0.2, 0) is 24.1 Å². The van der Waals surface area contributed by atoms with Gasteiger partial charge in [0.2, 0.25) is 0 Å². The maximum atomic E-state index is 9.87. The largest absolute Gasteiger partial charge is 0.397 e. The molecule has 0 spiro atoms. The van der Waals surface area contributed by atoms with Crippen LogP contribution in [0.15, 0.2) is 0 Å². The molecule has 0 aromatic heterocycles. The summed E-state index contributed by atoms with van der Waals surface area (Å²) in [4.78, 5) is 0. The minimum atomic E-state index is -4.22. The Morgan fingerprint density at radius 1 is 0.952 bits per heavy atom. The minimum Gasteiger partial charge on any atom is -0.394 e. The zero-order valence-electron chi connectivity index (χ0n) is 13.3. The van der Waals surface area contributed by atoms with Gasteiger partial charge in [-0.2, -0.15) is 8.42 Å². The third kappa shape index (κ3) is 45.1. The lowest BCUT2D eigenvalue weighted by Crippen LogP contribution is -2.08. The molecule has 0 aromatic rings. The highest BCUT2D eigenvalue weighted by molar-refractivity contribution is 7.80. The predicted octanol–water partition coefficient (Wildman–Crippen LogP) is 0.492. The first-order valence-corrected chi connectivity index (χ1v) is 8.10. The van der Waals surface area contributed by atoms with Gasteiger partial charge >= 0.3 is 10.4 Å². The Kier molecular flexibility index (Phi) is 24.1. The number of hydrogen-bond donors (Lipinski definition) is 3. The standard InChI is InChI=1S/C4H10O4S.C4H10O3.C4H10O/c1-4(2)3-8-9(5,6)7;5-1-3-7-4-2-6;1-3-5-4-2/h4H,3H2,1-2H3,(H,5,6,7);5-6H,1-4H2;3-4H2,1-2H3. The summed E-state index contributed by atoms with van der Waals surface area (Å²) in [5, 5.41) is 16.2. The Hall–Kier alpha value is -0.290. The Morgan fingerprint density at radius 3 is 1.52 bits per heavy atom. The van der Waals surface area contributed by atoms with Crippen molar-refractivity contribution in [2.75, 3.05) is 46.2 Å². The lowest BCUT2D eigenvalue weighted by Gasteiger charge is -2.00. The quantitative estimate of drug-likeness (QED) is 0.411. The number of hydrogen-bond acceptors (Lipinski definition) is 7. The number of aliphatic hydroxyl groups excluding tert-OH is 2. The van der Waals surface area contributed by atoms with E-state index >= 15 is 0 Å². The molecule has 0 fully saturated rings. The number of ether oxygens (including phenoxy) is 2. The SMILES string of the molecule is CC(C)COS(=O)(=O)O.CCOCC.OCCOCCO. The van der Waals surface area contributed by atoms with Crippen LogP contribution in [0.25, 0.3) is 0 Å². The van der Waals surface area contributed by atoms with Gasteiger partial charge in [0.25, 0.3) is 0 Å². The van der Waals surface area contributed by atoms with Crippen LogP contribution in [0, 0.1) is 5.92 Å². The molecule has 0 saturated heterocycles. The van der Waals surface area contributed by atoms with Crippen LogP contribution >= 0.6 is 0 Å². The molecule has 0 radical (unpaired) electrons. The summed E-state index contributed by atoms with van der Waals surface area (Å²) in [6.45, 7) is 9.95. The van der Waals surface area contributed by atoms with Crippen molar-refractivity contribution in [1.82, 2.24) is 0 Å². The monoisotopic (exact) mass is 334 g/mol. The summed E-state index contributed by atoms with van der Waals surface area (Å²) in [5.41, 5.74) is 0. The van der Waals surface area contributed by atoms with Crippen molar-refractivity contribution >= 4 is 10.4 Å². The molecule has 8 nitrogen and oxygen atoms in total. The van der Waals surface area contributed by atoms with E-state index in [0.717, 1.165) is 13.2 Å². The first-order valence-electron chi connectivity index (χ1n) is 6.74. The molecule has 0 heterocycles. The lowest BCUT2D eigenvalue weighted by atomic mass is 10.2. The van der Waals surface area contributed by atoms with Crippen LogP contribution in [0.2, 0.25) is 0 Å². The van der Waals surface area contributed by atoms with E-state index in [4.69, 9.17) is 19.5 Å². The van der Waals surface area contributed by atoms with Crippen LogP contribution in [0.4, 0.5) is 0 Å². The second-order valence-corrected chi connectivity index (χ2v) is 5.04. The molecule has 132 valence electrons. The Labute approximate surface area is 128 Å². The summed E-state index contributed by atoms with van der Waals surface area (Å²) in [6, 6.07) is 0. The van der Waals surface area contributed by atoms with Crippen molar-refractivity contribution < 1.29 is 36.8 Å². The van der Waals surface area contributed by atoms with Crippen LogP contribution < -0.4 is 0 Å². The average Bonchev–Trinajstić information content (AvgIpc) is 2.39. The molecule has 0 atom stereocenters. The van der Waals surface area contributed by atoms with E-state index in [2.05, 4.69) is 8.92 Å². The molecule has 0 aromatic carbocycles. The topological polar surface area (TPSA) is 123 Å². The fraction of sp³-hybridized carbons (Fsp3) is 1.00. The molecule has 0 aliphatic carbocycles. The Bertz CT molecular complexity index is 260. The van der Waals surface area contributed by atoms with Crippen molar-refractivity contribution in [1.29, 1.82) is 0 Å². The maximum absolute atomic E-state index is 9.87. The van der Waals surface area contributed by atoms with Crippen LogP contribution in [-0.4, -0.2) is 69.4 Å². The molecular formula is C12H30O8S. The fourth-order valence-corrected chi connectivity index (χ4v) is 1.10. The van der Waals surface area contributed by atoms with E-state index in [0.29, 0.717) is 13.2 Å². The van der Waals surface area contributed by atoms with Crippen molar-refractivity contribution in [3.8, 4) is 0 Å². The van der Waals surface area contributed by atoms with Gasteiger partial charge in [0.05, 0.1) is 33.0 Å². The van der Waals surface area contributed by atoms with Gasteiger partial charge in [0, 0.05) is 13.2 Å². The third-order valence-electron chi connectivity index (χ3n) is 1.43. The van der Waals surface area contributed by atoms with Crippen molar-refractivity contribution in [3.63, 3.8) is 0 Å². The van der Waals surface area contributed by atoms with Gasteiger partial charge in [-0.15, -0.1) is 0 Å². The van der Waals surface area contributed by atoms with E-state index in [1.807, 2.05) is 13.8 Å². The van der Waals surface area contributed by atoms with Gasteiger partial charge in [0.15, 0.2) is 0 Å². The van der Waals surface area contributed by atoms with E-state index in [1.54, 1.807) is 13.8 Å². The highest BCUT2D eigenvalue weighted by Crippen LogP contribution is 1.95.